The average molecular weight is 255 g/mol. The minimum Gasteiger partial charge on any atom is -0.355 e. The molecule has 0 bridgehead atoms. The van der Waals surface area contributed by atoms with Crippen LogP contribution in [-0.2, 0) is 6.42 Å². The van der Waals surface area contributed by atoms with Crippen LogP contribution in [0.15, 0.2) is 42.5 Å². The van der Waals surface area contributed by atoms with E-state index in [-0.39, 0.29) is 5.82 Å². The zero-order valence-electron chi connectivity index (χ0n) is 10.4. The maximum Gasteiger partial charge on any atom is 0.128 e. The molecular formula is C15H14FN3. The van der Waals surface area contributed by atoms with Crippen molar-refractivity contribution in [1.82, 2.24) is 0 Å². The third-order valence-electron chi connectivity index (χ3n) is 2.78. The number of hydrogen-bond donors (Lipinski definition) is 2. The van der Waals surface area contributed by atoms with Crippen LogP contribution in [-0.4, -0.2) is 6.54 Å². The van der Waals surface area contributed by atoms with Crippen LogP contribution in [0.5, 0.6) is 0 Å². The van der Waals surface area contributed by atoms with Gasteiger partial charge in [0.05, 0.1) is 11.6 Å². The lowest BCUT2D eigenvalue weighted by molar-refractivity contribution is 0.610. The van der Waals surface area contributed by atoms with Crippen LogP contribution in [0.4, 0.5) is 15.8 Å². The lowest BCUT2D eigenvalue weighted by Gasteiger charge is -2.12. The summed E-state index contributed by atoms with van der Waals surface area (Å²) in [5.74, 6) is -0.271. The summed E-state index contributed by atoms with van der Waals surface area (Å²) < 4.78 is 13.7. The molecule has 96 valence electrons. The summed E-state index contributed by atoms with van der Waals surface area (Å²) in [6.45, 7) is 0.383. The molecule has 0 aliphatic carbocycles. The molecule has 2 aromatic rings. The number of hydrogen-bond acceptors (Lipinski definition) is 3. The maximum absolute atomic E-state index is 13.7. The van der Waals surface area contributed by atoms with E-state index in [0.717, 1.165) is 5.69 Å². The van der Waals surface area contributed by atoms with Gasteiger partial charge in [-0.15, -0.1) is 0 Å². The van der Waals surface area contributed by atoms with Gasteiger partial charge in [-0.05, 0) is 43.3 Å². The maximum atomic E-state index is 13.7. The van der Waals surface area contributed by atoms with Gasteiger partial charge in [-0.25, -0.2) is 4.39 Å². The fraction of sp³-hybridized carbons (Fsp3) is 0.133. The van der Waals surface area contributed by atoms with E-state index in [4.69, 9.17) is 11.0 Å². The first-order valence-corrected chi connectivity index (χ1v) is 5.99. The lowest BCUT2D eigenvalue weighted by atomic mass is 10.1. The van der Waals surface area contributed by atoms with E-state index in [9.17, 15) is 4.39 Å². The van der Waals surface area contributed by atoms with E-state index in [2.05, 4.69) is 11.4 Å². The van der Waals surface area contributed by atoms with Crippen molar-refractivity contribution in [1.29, 1.82) is 5.26 Å². The zero-order valence-corrected chi connectivity index (χ0v) is 10.4. The van der Waals surface area contributed by atoms with Crippen molar-refractivity contribution in [2.75, 3.05) is 11.9 Å². The third kappa shape index (κ3) is 3.09. The number of rotatable bonds is 4. The smallest absolute Gasteiger partial charge is 0.128 e. The molecule has 2 aromatic carbocycles. The molecule has 0 fully saturated rings. The van der Waals surface area contributed by atoms with Crippen LogP contribution < -0.4 is 11.1 Å². The first-order valence-electron chi connectivity index (χ1n) is 5.99. The van der Waals surface area contributed by atoms with E-state index < -0.39 is 0 Å². The number of nitrogens with one attached hydrogen (secondary N) is 1. The van der Waals surface area contributed by atoms with Crippen molar-refractivity contribution in [3.05, 3.63) is 59.4 Å². The minimum absolute atomic E-state index is 0.271. The number of nitrogens with zero attached hydrogens (tertiary/aromatic N) is 1. The van der Waals surface area contributed by atoms with Gasteiger partial charge in [0.15, 0.2) is 0 Å². The van der Waals surface area contributed by atoms with E-state index in [1.807, 2.05) is 6.07 Å². The quantitative estimate of drug-likeness (QED) is 0.883. The van der Waals surface area contributed by atoms with Gasteiger partial charge in [0.2, 0.25) is 0 Å². The first-order chi connectivity index (χ1) is 9.24. The molecule has 0 heterocycles. The highest BCUT2D eigenvalue weighted by Gasteiger charge is 2.07. The molecule has 0 amide bonds. The topological polar surface area (TPSA) is 61.8 Å². The molecule has 19 heavy (non-hydrogen) atoms. The van der Waals surface area contributed by atoms with Crippen LogP contribution in [0.25, 0.3) is 0 Å². The molecule has 0 aliphatic heterocycles. The Morgan fingerprint density at radius 3 is 2.74 bits per heavy atom. The zero-order chi connectivity index (χ0) is 13.7. The van der Waals surface area contributed by atoms with Gasteiger partial charge in [0.25, 0.3) is 0 Å². The standard InChI is InChI=1S/C15H14FN3/c16-14-5-2-6-15(13(14)7-8-17)19-12-4-1-3-11(9-12)10-18/h1-6,9,19H,7-8,17H2. The molecule has 0 aromatic heterocycles. The van der Waals surface area contributed by atoms with E-state index in [0.29, 0.717) is 29.8 Å². The van der Waals surface area contributed by atoms with Gasteiger partial charge >= 0.3 is 0 Å². The summed E-state index contributed by atoms with van der Waals surface area (Å²) >= 11 is 0. The van der Waals surface area contributed by atoms with E-state index in [1.165, 1.54) is 6.07 Å². The minimum atomic E-state index is -0.271. The Hall–Kier alpha value is -2.38. The highest BCUT2D eigenvalue weighted by molar-refractivity contribution is 5.64. The number of nitriles is 1. The fourth-order valence-electron chi connectivity index (χ4n) is 1.90. The van der Waals surface area contributed by atoms with E-state index in [1.54, 1.807) is 30.3 Å². The second-order valence-electron chi connectivity index (χ2n) is 4.12. The molecule has 3 nitrogen and oxygen atoms in total. The summed E-state index contributed by atoms with van der Waals surface area (Å²) in [4.78, 5) is 0. The Morgan fingerprint density at radius 1 is 1.21 bits per heavy atom. The van der Waals surface area contributed by atoms with E-state index >= 15 is 0 Å². The molecule has 3 N–H and O–H groups in total. The van der Waals surface area contributed by atoms with Gasteiger partial charge < -0.3 is 11.1 Å². The van der Waals surface area contributed by atoms with Crippen LogP contribution in [0, 0.1) is 17.1 Å². The first kappa shape index (κ1) is 13.1. The molecular weight excluding hydrogens is 241 g/mol. The number of benzene rings is 2. The SMILES string of the molecule is N#Cc1cccc(Nc2cccc(F)c2CCN)c1. The molecule has 2 rings (SSSR count). The van der Waals surface area contributed by atoms with Crippen LogP contribution in [0.1, 0.15) is 11.1 Å². The fourth-order valence-corrected chi connectivity index (χ4v) is 1.90. The Morgan fingerprint density at radius 2 is 2.00 bits per heavy atom. The summed E-state index contributed by atoms with van der Waals surface area (Å²) in [5, 5.41) is 12.0. The van der Waals surface area contributed by atoms with Crippen molar-refractivity contribution >= 4 is 11.4 Å². The van der Waals surface area contributed by atoms with Gasteiger partial charge in [0, 0.05) is 16.9 Å². The molecule has 0 spiro atoms. The second kappa shape index (κ2) is 5.98. The van der Waals surface area contributed by atoms with Crippen molar-refractivity contribution < 1.29 is 4.39 Å². The summed E-state index contributed by atoms with van der Waals surface area (Å²) in [5.41, 5.74) is 8.05. The van der Waals surface area contributed by atoms with Gasteiger partial charge in [0.1, 0.15) is 5.82 Å². The van der Waals surface area contributed by atoms with Crippen molar-refractivity contribution in [3.8, 4) is 6.07 Å². The Bertz CT molecular complexity index is 617. The molecule has 0 saturated carbocycles. The van der Waals surface area contributed by atoms with Gasteiger partial charge in [-0.3, -0.25) is 0 Å². The predicted molar refractivity (Wildman–Crippen MR) is 73.6 cm³/mol. The van der Waals surface area contributed by atoms with Crippen molar-refractivity contribution in [2.45, 2.75) is 6.42 Å². The van der Waals surface area contributed by atoms with Crippen LogP contribution >= 0.6 is 0 Å². The van der Waals surface area contributed by atoms with Crippen molar-refractivity contribution in [2.24, 2.45) is 5.73 Å². The third-order valence-corrected chi connectivity index (χ3v) is 2.78. The molecule has 0 aliphatic rings. The highest BCUT2D eigenvalue weighted by Crippen LogP contribution is 2.24. The second-order valence-corrected chi connectivity index (χ2v) is 4.12. The monoisotopic (exact) mass is 255 g/mol. The van der Waals surface area contributed by atoms with Crippen molar-refractivity contribution in [3.63, 3.8) is 0 Å². The molecule has 0 radical (unpaired) electrons. The average Bonchev–Trinajstić information content (AvgIpc) is 2.43. The Balaban J connectivity index is 2.32. The Kier molecular flexibility index (Phi) is 4.11. The molecule has 0 atom stereocenters. The summed E-state index contributed by atoms with van der Waals surface area (Å²) in [6, 6.07) is 14.0. The predicted octanol–water partition coefficient (Wildman–Crippen LogP) is 2.94. The number of anilines is 2. The summed E-state index contributed by atoms with van der Waals surface area (Å²) in [7, 11) is 0. The summed E-state index contributed by atoms with van der Waals surface area (Å²) in [6.07, 6.45) is 0.465. The normalized spacial score (nSPS) is 9.95. The molecule has 4 heteroatoms. The lowest BCUT2D eigenvalue weighted by Crippen LogP contribution is -2.07. The van der Waals surface area contributed by atoms with Crippen LogP contribution in [0.2, 0.25) is 0 Å². The highest BCUT2D eigenvalue weighted by atomic mass is 19.1. The van der Waals surface area contributed by atoms with Crippen LogP contribution in [0.3, 0.4) is 0 Å². The van der Waals surface area contributed by atoms with Gasteiger partial charge in [-0.1, -0.05) is 12.1 Å². The largest absolute Gasteiger partial charge is 0.355 e. The number of nitrogens with two attached hydrogens (primary N) is 1. The van der Waals surface area contributed by atoms with Gasteiger partial charge in [-0.2, -0.15) is 5.26 Å². The number of halogens is 1. The molecule has 0 saturated heterocycles. The Labute approximate surface area is 111 Å². The molecule has 0 unspecified atom stereocenters.